The summed E-state index contributed by atoms with van der Waals surface area (Å²) in [5.74, 6) is 0. The van der Waals surface area contributed by atoms with E-state index < -0.39 is 5.41 Å². The normalized spacial score (nSPS) is 16.4. The number of furan rings is 1. The molecule has 7 aromatic rings. The molecule has 2 aliphatic rings. The average Bonchev–Trinajstić information content (AvgIpc) is 3.61. The smallest absolute Gasteiger partial charge is 0.143 e. The molecule has 0 radical (unpaired) electrons. The summed E-state index contributed by atoms with van der Waals surface area (Å²) in [6.45, 7) is 2.22. The third kappa shape index (κ3) is 2.46. The maximum atomic E-state index is 6.66. The third-order valence-corrected chi connectivity index (χ3v) is 9.05. The molecule has 182 valence electrons. The highest BCUT2D eigenvalue weighted by atomic mass is 16.3. The van der Waals surface area contributed by atoms with E-state index in [1.807, 2.05) is 0 Å². The van der Waals surface area contributed by atoms with Gasteiger partial charge in [-0.1, -0.05) is 121 Å². The zero-order valence-corrected chi connectivity index (χ0v) is 21.5. The molecule has 0 saturated heterocycles. The van der Waals surface area contributed by atoms with Crippen molar-refractivity contribution < 1.29 is 4.42 Å². The van der Waals surface area contributed by atoms with Gasteiger partial charge in [-0.25, -0.2) is 0 Å². The number of hydrogen-bond donors (Lipinski definition) is 0. The van der Waals surface area contributed by atoms with Crippen LogP contribution >= 0.6 is 0 Å². The second kappa shape index (κ2) is 7.36. The molecule has 39 heavy (non-hydrogen) atoms. The van der Waals surface area contributed by atoms with Gasteiger partial charge >= 0.3 is 0 Å². The van der Waals surface area contributed by atoms with E-state index in [-0.39, 0.29) is 0 Å². The van der Waals surface area contributed by atoms with Crippen LogP contribution in [-0.4, -0.2) is 0 Å². The molecule has 0 N–H and O–H groups in total. The van der Waals surface area contributed by atoms with E-state index in [9.17, 15) is 0 Å². The molecule has 2 aliphatic carbocycles. The first-order chi connectivity index (χ1) is 19.3. The zero-order chi connectivity index (χ0) is 25.7. The highest BCUT2D eigenvalue weighted by Gasteiger charge is 2.53. The number of fused-ring (bicyclic) bond motifs is 14. The van der Waals surface area contributed by atoms with E-state index in [1.165, 1.54) is 72.0 Å². The van der Waals surface area contributed by atoms with E-state index in [4.69, 9.17) is 4.42 Å². The fraction of sp³-hybridized carbons (Fsp3) is 0.0526. The van der Waals surface area contributed by atoms with Crippen LogP contribution in [0.15, 0.2) is 132 Å². The first-order valence-corrected chi connectivity index (χ1v) is 13.6. The summed E-state index contributed by atoms with van der Waals surface area (Å²) in [6, 6.07) is 46.7. The topological polar surface area (TPSA) is 13.1 Å². The fourth-order valence-electron chi connectivity index (χ4n) is 7.56. The number of rotatable bonds is 1. The predicted molar refractivity (Wildman–Crippen MR) is 160 cm³/mol. The molecule has 1 nitrogen and oxygen atoms in total. The summed E-state index contributed by atoms with van der Waals surface area (Å²) in [6.07, 6.45) is 0. The van der Waals surface area contributed by atoms with Gasteiger partial charge in [-0.3, -0.25) is 0 Å². The van der Waals surface area contributed by atoms with Crippen molar-refractivity contribution in [1.29, 1.82) is 0 Å². The lowest BCUT2D eigenvalue weighted by Crippen LogP contribution is -2.26. The Morgan fingerprint density at radius 3 is 1.90 bits per heavy atom. The average molecular weight is 497 g/mol. The number of aryl methyl sites for hydroxylation is 1. The molecule has 0 saturated carbocycles. The Kier molecular flexibility index (Phi) is 3.98. The lowest BCUT2D eigenvalue weighted by molar-refractivity contribution is 0.669. The van der Waals surface area contributed by atoms with Crippen molar-refractivity contribution >= 4 is 21.9 Å². The van der Waals surface area contributed by atoms with Crippen molar-refractivity contribution in [1.82, 2.24) is 0 Å². The maximum Gasteiger partial charge on any atom is 0.143 e. The molecule has 0 aliphatic heterocycles. The third-order valence-electron chi connectivity index (χ3n) is 9.05. The monoisotopic (exact) mass is 496 g/mol. The van der Waals surface area contributed by atoms with Crippen molar-refractivity contribution in [2.45, 2.75) is 12.3 Å². The first-order valence-electron chi connectivity index (χ1n) is 13.6. The van der Waals surface area contributed by atoms with Crippen LogP contribution in [0.25, 0.3) is 55.3 Å². The van der Waals surface area contributed by atoms with Gasteiger partial charge in [-0.05, 0) is 68.6 Å². The highest BCUT2D eigenvalue weighted by molar-refractivity contribution is 6.13. The predicted octanol–water partition coefficient (Wildman–Crippen LogP) is 9.90. The van der Waals surface area contributed by atoms with Crippen molar-refractivity contribution in [2.24, 2.45) is 0 Å². The zero-order valence-electron chi connectivity index (χ0n) is 21.5. The van der Waals surface area contributed by atoms with Crippen LogP contribution in [0.3, 0.4) is 0 Å². The van der Waals surface area contributed by atoms with Crippen LogP contribution in [0, 0.1) is 6.92 Å². The van der Waals surface area contributed by atoms with E-state index in [2.05, 4.69) is 134 Å². The Labute approximate surface area is 227 Å². The van der Waals surface area contributed by atoms with Crippen molar-refractivity contribution in [2.75, 3.05) is 0 Å². The lowest BCUT2D eigenvalue weighted by Gasteiger charge is -2.32. The fourth-order valence-corrected chi connectivity index (χ4v) is 7.56. The second-order valence-electron chi connectivity index (χ2n) is 10.8. The van der Waals surface area contributed by atoms with Crippen LogP contribution in [0.5, 0.6) is 0 Å². The standard InChI is InChI=1S/C38H24O/c1-23-11-2-3-12-24(23)27-16-10-17-28-25-13-4-7-18-31(25)38(36(27)28)32-19-8-5-15-30(32)35-33(38)22-21-29-26-14-6-9-20-34(26)39-37(29)35/h2-22H,1H3. The Morgan fingerprint density at radius 2 is 1.08 bits per heavy atom. The van der Waals surface area contributed by atoms with Crippen LogP contribution in [0.1, 0.15) is 27.8 Å². The van der Waals surface area contributed by atoms with E-state index in [1.54, 1.807) is 0 Å². The molecular formula is C38H24O. The first kappa shape index (κ1) is 21.1. The molecule has 6 aromatic carbocycles. The Morgan fingerprint density at radius 1 is 0.462 bits per heavy atom. The van der Waals surface area contributed by atoms with Gasteiger partial charge < -0.3 is 4.42 Å². The Hall–Kier alpha value is -4.88. The minimum atomic E-state index is -0.427. The highest BCUT2D eigenvalue weighted by Crippen LogP contribution is 2.65. The van der Waals surface area contributed by atoms with Crippen LogP contribution < -0.4 is 0 Å². The minimum absolute atomic E-state index is 0.427. The SMILES string of the molecule is Cc1ccccc1-c1cccc2c1C1(c3ccccc3-2)c2ccccc2-c2c1ccc1c2oc2ccccc21. The second-order valence-corrected chi connectivity index (χ2v) is 10.8. The number of hydrogen-bond acceptors (Lipinski definition) is 1. The molecule has 1 unspecified atom stereocenters. The summed E-state index contributed by atoms with van der Waals surface area (Å²) in [4.78, 5) is 0. The summed E-state index contributed by atoms with van der Waals surface area (Å²) in [7, 11) is 0. The van der Waals surface area contributed by atoms with Gasteiger partial charge in [-0.15, -0.1) is 0 Å². The molecule has 1 aromatic heterocycles. The molecule has 0 fully saturated rings. The molecule has 1 heterocycles. The van der Waals surface area contributed by atoms with Gasteiger partial charge in [0.05, 0.1) is 5.41 Å². The molecule has 0 bridgehead atoms. The van der Waals surface area contributed by atoms with E-state index in [0.717, 1.165) is 11.2 Å². The Bertz CT molecular complexity index is 2140. The molecule has 9 rings (SSSR count). The van der Waals surface area contributed by atoms with Crippen LogP contribution in [-0.2, 0) is 5.41 Å². The van der Waals surface area contributed by atoms with Gasteiger partial charge in [0.2, 0.25) is 0 Å². The summed E-state index contributed by atoms with van der Waals surface area (Å²) in [5.41, 5.74) is 15.9. The van der Waals surface area contributed by atoms with Gasteiger partial charge in [0.25, 0.3) is 0 Å². The molecule has 1 spiro atoms. The van der Waals surface area contributed by atoms with Crippen molar-refractivity contribution in [3.63, 3.8) is 0 Å². The largest absolute Gasteiger partial charge is 0.455 e. The number of para-hydroxylation sites is 1. The molecular weight excluding hydrogens is 472 g/mol. The van der Waals surface area contributed by atoms with Gasteiger partial charge in [0, 0.05) is 16.3 Å². The van der Waals surface area contributed by atoms with Crippen molar-refractivity contribution in [3.8, 4) is 33.4 Å². The van der Waals surface area contributed by atoms with E-state index in [0.29, 0.717) is 0 Å². The summed E-state index contributed by atoms with van der Waals surface area (Å²) >= 11 is 0. The summed E-state index contributed by atoms with van der Waals surface area (Å²) in [5, 5.41) is 2.34. The Balaban J connectivity index is 1.51. The molecule has 1 atom stereocenters. The van der Waals surface area contributed by atoms with Crippen molar-refractivity contribution in [3.05, 3.63) is 155 Å². The molecule has 1 heteroatoms. The quantitative estimate of drug-likeness (QED) is 0.220. The van der Waals surface area contributed by atoms with E-state index >= 15 is 0 Å². The van der Waals surface area contributed by atoms with Crippen LogP contribution in [0.4, 0.5) is 0 Å². The minimum Gasteiger partial charge on any atom is -0.455 e. The van der Waals surface area contributed by atoms with Crippen LogP contribution in [0.2, 0.25) is 0 Å². The van der Waals surface area contributed by atoms with Gasteiger partial charge in [0.15, 0.2) is 0 Å². The maximum absolute atomic E-state index is 6.66. The van der Waals surface area contributed by atoms with Gasteiger partial charge in [-0.2, -0.15) is 0 Å². The summed E-state index contributed by atoms with van der Waals surface area (Å²) < 4.78 is 6.66. The molecule has 0 amide bonds. The lowest BCUT2D eigenvalue weighted by atomic mass is 9.68. The number of benzene rings is 6. The van der Waals surface area contributed by atoms with Gasteiger partial charge in [0.1, 0.15) is 11.2 Å².